The Bertz CT molecular complexity index is 859. The highest BCUT2D eigenvalue weighted by molar-refractivity contribution is 5.94. The molecule has 146 valence electrons. The van der Waals surface area contributed by atoms with E-state index in [1.807, 2.05) is 0 Å². The van der Waals surface area contributed by atoms with E-state index in [0.29, 0.717) is 12.8 Å². The largest absolute Gasteiger partial charge is 0.455 e. The summed E-state index contributed by atoms with van der Waals surface area (Å²) in [5, 5.41) is 22.3. The van der Waals surface area contributed by atoms with Gasteiger partial charge >= 0.3 is 5.97 Å². The Labute approximate surface area is 160 Å². The Kier molecular flexibility index (Phi) is 5.68. The van der Waals surface area contributed by atoms with Crippen LogP contribution in [-0.4, -0.2) is 29.2 Å². The van der Waals surface area contributed by atoms with E-state index in [-0.39, 0.29) is 40.5 Å². The highest BCUT2D eigenvalue weighted by Gasteiger charge is 2.41. The topological polar surface area (TPSA) is 139 Å². The maximum absolute atomic E-state index is 12.3. The molecule has 1 aromatic carbocycles. The van der Waals surface area contributed by atoms with Crippen molar-refractivity contribution in [2.24, 2.45) is 17.8 Å². The van der Waals surface area contributed by atoms with Crippen LogP contribution in [0, 0.1) is 39.2 Å². The highest BCUT2D eigenvalue weighted by Crippen LogP contribution is 2.40. The molecule has 2 atom stereocenters. The van der Waals surface area contributed by atoms with Crippen molar-refractivity contribution >= 4 is 29.0 Å². The molecular weight excluding hydrogens is 366 g/mol. The van der Waals surface area contributed by atoms with Crippen molar-refractivity contribution in [2.45, 2.75) is 32.1 Å². The van der Waals surface area contributed by atoms with E-state index < -0.39 is 23.4 Å². The lowest BCUT2D eigenvalue weighted by Gasteiger charge is -2.36. The van der Waals surface area contributed by atoms with Gasteiger partial charge in [0, 0.05) is 24.0 Å². The van der Waals surface area contributed by atoms with Gasteiger partial charge in [-0.05, 0) is 31.7 Å². The molecule has 1 amide bonds. The smallest absolute Gasteiger partial charge is 0.309 e. The van der Waals surface area contributed by atoms with E-state index in [9.17, 15) is 24.5 Å². The maximum atomic E-state index is 12.3. The molecule has 3 rings (SSSR count). The van der Waals surface area contributed by atoms with Gasteiger partial charge < -0.3 is 10.1 Å². The van der Waals surface area contributed by atoms with Crippen molar-refractivity contribution in [1.29, 1.82) is 5.26 Å². The van der Waals surface area contributed by atoms with Crippen molar-refractivity contribution in [3.63, 3.8) is 0 Å². The summed E-state index contributed by atoms with van der Waals surface area (Å²) in [6.07, 6.45) is 3.54. The average Bonchev–Trinajstić information content (AvgIpc) is 2.66. The fraction of sp³-hybridized carbons (Fsp3) is 0.474. The Hall–Kier alpha value is -3.28. The molecule has 0 aliphatic heterocycles. The normalized spacial score (nSPS) is 23.4. The first-order valence-corrected chi connectivity index (χ1v) is 9.07. The summed E-state index contributed by atoms with van der Waals surface area (Å²) in [6.45, 7) is -0.527. The molecule has 2 aliphatic rings. The summed E-state index contributed by atoms with van der Waals surface area (Å²) >= 11 is 0. The highest BCUT2D eigenvalue weighted by atomic mass is 16.6. The second-order valence-electron chi connectivity index (χ2n) is 7.15. The summed E-state index contributed by atoms with van der Waals surface area (Å²) in [5.74, 6) is -1.45. The van der Waals surface area contributed by atoms with Gasteiger partial charge in [0.05, 0.1) is 22.1 Å². The van der Waals surface area contributed by atoms with Crippen LogP contribution in [0.2, 0.25) is 0 Å². The molecule has 9 heteroatoms. The van der Waals surface area contributed by atoms with Crippen molar-refractivity contribution in [3.8, 4) is 6.07 Å². The first-order chi connectivity index (χ1) is 13.4. The number of rotatable bonds is 5. The van der Waals surface area contributed by atoms with Crippen LogP contribution >= 0.6 is 0 Å². The first kappa shape index (κ1) is 19.5. The van der Waals surface area contributed by atoms with Crippen molar-refractivity contribution < 1.29 is 24.0 Å². The first-order valence-electron chi connectivity index (χ1n) is 9.07. The number of benzene rings is 1. The lowest BCUT2D eigenvalue weighted by molar-refractivity contribution is -0.384. The minimum Gasteiger partial charge on any atom is -0.455 e. The van der Waals surface area contributed by atoms with Gasteiger partial charge in [-0.15, -0.1) is 0 Å². The lowest BCUT2D eigenvalue weighted by atomic mass is 9.67. The number of anilines is 1. The van der Waals surface area contributed by atoms with Gasteiger partial charge in [-0.3, -0.25) is 24.5 Å². The third-order valence-electron chi connectivity index (χ3n) is 5.34. The fourth-order valence-electron chi connectivity index (χ4n) is 3.96. The van der Waals surface area contributed by atoms with E-state index in [2.05, 4.69) is 5.32 Å². The number of amides is 1. The van der Waals surface area contributed by atoms with Crippen LogP contribution in [0.5, 0.6) is 0 Å². The molecule has 0 heterocycles. The van der Waals surface area contributed by atoms with E-state index in [4.69, 9.17) is 10.00 Å². The van der Waals surface area contributed by atoms with Crippen LogP contribution in [0.15, 0.2) is 18.2 Å². The number of nitriles is 1. The number of esters is 1. The summed E-state index contributed by atoms with van der Waals surface area (Å²) in [6, 6.07) is 5.26. The minimum absolute atomic E-state index is 0.0625. The molecular formula is C19H19N3O6. The fourth-order valence-corrected chi connectivity index (χ4v) is 3.96. The number of nitrogens with one attached hydrogen (secondary N) is 1. The number of ether oxygens (including phenoxy) is 1. The number of nitro groups is 1. The second kappa shape index (κ2) is 8.17. The van der Waals surface area contributed by atoms with Crippen LogP contribution in [-0.2, 0) is 19.1 Å². The Morgan fingerprint density at radius 1 is 1.29 bits per heavy atom. The van der Waals surface area contributed by atoms with Crippen molar-refractivity contribution in [3.05, 3.63) is 33.9 Å². The summed E-state index contributed by atoms with van der Waals surface area (Å²) in [7, 11) is 0. The zero-order chi connectivity index (χ0) is 20.3. The minimum atomic E-state index is -0.647. The molecule has 2 saturated carbocycles. The van der Waals surface area contributed by atoms with Crippen molar-refractivity contribution in [1.82, 2.24) is 0 Å². The van der Waals surface area contributed by atoms with Crippen LogP contribution in [0.3, 0.4) is 0 Å². The predicted molar refractivity (Wildman–Crippen MR) is 96.0 cm³/mol. The third-order valence-corrected chi connectivity index (χ3v) is 5.34. The number of hydrogen-bond acceptors (Lipinski definition) is 7. The quantitative estimate of drug-likeness (QED) is 0.466. The summed E-state index contributed by atoms with van der Waals surface area (Å²) in [4.78, 5) is 46.5. The molecule has 0 radical (unpaired) electrons. The molecule has 1 N–H and O–H groups in total. The molecule has 0 aromatic heterocycles. The number of non-ortho nitro benzene ring substituents is 1. The van der Waals surface area contributed by atoms with E-state index in [0.717, 1.165) is 25.3 Å². The summed E-state index contributed by atoms with van der Waals surface area (Å²) in [5.41, 5.74) is -0.224. The van der Waals surface area contributed by atoms with Gasteiger partial charge in [0.15, 0.2) is 6.61 Å². The number of ketones is 1. The van der Waals surface area contributed by atoms with Gasteiger partial charge in [0.2, 0.25) is 0 Å². The van der Waals surface area contributed by atoms with Crippen molar-refractivity contribution in [2.75, 3.05) is 11.9 Å². The second-order valence-corrected chi connectivity index (χ2v) is 7.15. The van der Waals surface area contributed by atoms with E-state index in [1.54, 1.807) is 6.07 Å². The number of Topliss-reactive ketones (excluding diaryl/α,β-unsaturated/α-hetero) is 1. The van der Waals surface area contributed by atoms with Crippen LogP contribution in [0.25, 0.3) is 0 Å². The number of nitro benzene ring substituents is 1. The Balaban J connectivity index is 1.55. The SMILES string of the molecule is N#Cc1cc([N+](=O)[O-])ccc1NC(=O)COC(=O)C1C[C@@H]2CCC[C@@H](C1)C2=O. The molecule has 28 heavy (non-hydrogen) atoms. The molecule has 2 fully saturated rings. The van der Waals surface area contributed by atoms with Gasteiger partial charge in [-0.25, -0.2) is 0 Å². The monoisotopic (exact) mass is 385 g/mol. The number of carbonyl (C=O) groups excluding carboxylic acids is 3. The Morgan fingerprint density at radius 3 is 2.57 bits per heavy atom. The van der Waals surface area contributed by atoms with Gasteiger partial charge in [-0.1, -0.05) is 6.42 Å². The number of fused-ring (bicyclic) bond motifs is 2. The van der Waals surface area contributed by atoms with E-state index >= 15 is 0 Å². The average molecular weight is 385 g/mol. The van der Waals surface area contributed by atoms with Crippen LogP contribution in [0.1, 0.15) is 37.7 Å². The lowest BCUT2D eigenvalue weighted by Crippen LogP contribution is -2.40. The maximum Gasteiger partial charge on any atom is 0.309 e. The zero-order valence-corrected chi connectivity index (χ0v) is 15.1. The molecule has 0 spiro atoms. The Morgan fingerprint density at radius 2 is 1.96 bits per heavy atom. The molecule has 0 unspecified atom stereocenters. The molecule has 2 bridgehead atoms. The van der Waals surface area contributed by atoms with Crippen LogP contribution in [0.4, 0.5) is 11.4 Å². The third kappa shape index (κ3) is 4.17. The van der Waals surface area contributed by atoms with Crippen LogP contribution < -0.4 is 5.32 Å². The van der Waals surface area contributed by atoms with Gasteiger partial charge in [0.25, 0.3) is 11.6 Å². The molecule has 2 aliphatic carbocycles. The molecule has 0 saturated heterocycles. The van der Waals surface area contributed by atoms with Gasteiger partial charge in [0.1, 0.15) is 11.9 Å². The zero-order valence-electron chi connectivity index (χ0n) is 15.1. The number of carbonyl (C=O) groups is 3. The van der Waals surface area contributed by atoms with Gasteiger partial charge in [-0.2, -0.15) is 5.26 Å². The standard InChI is InChI=1S/C19H19N3O6/c20-9-14-8-15(22(26)27)4-5-16(14)21-17(23)10-28-19(25)13-6-11-2-1-3-12(7-13)18(11)24/h4-5,8,11-13H,1-3,6-7,10H2,(H,21,23)/t11-,12-/m0/s1. The molecule has 1 aromatic rings. The van der Waals surface area contributed by atoms with E-state index in [1.165, 1.54) is 12.1 Å². The molecule has 9 nitrogen and oxygen atoms in total. The summed E-state index contributed by atoms with van der Waals surface area (Å²) < 4.78 is 5.10. The number of nitrogens with zero attached hydrogens (tertiary/aromatic N) is 2. The predicted octanol–water partition coefficient (Wildman–Crippen LogP) is 2.34. The number of hydrogen-bond donors (Lipinski definition) is 1.